The lowest BCUT2D eigenvalue weighted by molar-refractivity contribution is 0.479. The zero-order chi connectivity index (χ0) is 13.8. The molecule has 0 amide bonds. The first-order chi connectivity index (χ1) is 9.10. The van der Waals surface area contributed by atoms with Crippen LogP contribution in [0.3, 0.4) is 0 Å². The van der Waals surface area contributed by atoms with Gasteiger partial charge >= 0.3 is 0 Å². The molecule has 100 valence electrons. The summed E-state index contributed by atoms with van der Waals surface area (Å²) >= 11 is 9.65. The quantitative estimate of drug-likeness (QED) is 0.852. The number of aryl methyl sites for hydroxylation is 1. The minimum Gasteiger partial charge on any atom is -0.455 e. The number of hydrogen-bond acceptors (Lipinski definition) is 2. The van der Waals surface area contributed by atoms with E-state index in [0.717, 1.165) is 22.3 Å². The molecule has 0 aromatic heterocycles. The molecule has 0 fully saturated rings. The smallest absolute Gasteiger partial charge is 0.146 e. The zero-order valence-corrected chi connectivity index (χ0v) is 13.2. The molecule has 2 aromatic rings. The van der Waals surface area contributed by atoms with Crippen LogP contribution in [0.1, 0.15) is 11.1 Å². The van der Waals surface area contributed by atoms with E-state index in [0.29, 0.717) is 10.8 Å². The molecule has 0 radical (unpaired) electrons. The van der Waals surface area contributed by atoms with Crippen molar-refractivity contribution in [1.29, 1.82) is 0 Å². The second kappa shape index (κ2) is 6.42. The van der Waals surface area contributed by atoms with E-state index in [9.17, 15) is 0 Å². The molecule has 0 aliphatic heterocycles. The van der Waals surface area contributed by atoms with Gasteiger partial charge in [-0.2, -0.15) is 0 Å². The molecule has 4 heteroatoms. The lowest BCUT2D eigenvalue weighted by Gasteiger charge is -2.11. The summed E-state index contributed by atoms with van der Waals surface area (Å²) in [7, 11) is 1.92. The molecule has 0 atom stereocenters. The lowest BCUT2D eigenvalue weighted by Crippen LogP contribution is -2.04. The molecular weight excluding hydrogens is 326 g/mol. The third-order valence-electron chi connectivity index (χ3n) is 2.68. The molecule has 0 heterocycles. The van der Waals surface area contributed by atoms with E-state index >= 15 is 0 Å². The van der Waals surface area contributed by atoms with Gasteiger partial charge in [0, 0.05) is 6.54 Å². The van der Waals surface area contributed by atoms with Crippen LogP contribution in [-0.4, -0.2) is 7.05 Å². The van der Waals surface area contributed by atoms with E-state index in [1.165, 1.54) is 5.56 Å². The fourth-order valence-corrected chi connectivity index (χ4v) is 2.41. The van der Waals surface area contributed by atoms with E-state index in [-0.39, 0.29) is 0 Å². The summed E-state index contributed by atoms with van der Waals surface area (Å²) in [5, 5.41) is 3.72. The zero-order valence-electron chi connectivity index (χ0n) is 10.8. The average Bonchev–Trinajstić information content (AvgIpc) is 2.37. The third kappa shape index (κ3) is 3.72. The van der Waals surface area contributed by atoms with Crippen LogP contribution < -0.4 is 10.1 Å². The normalized spacial score (nSPS) is 10.5. The standard InChI is InChI=1S/C15H15BrClNO/c1-10-3-5-13(17)15(7-10)19-14-6-4-11(9-18-2)8-12(14)16/h3-8,18H,9H2,1-2H3. The topological polar surface area (TPSA) is 21.3 Å². The van der Waals surface area contributed by atoms with Gasteiger partial charge in [0.05, 0.1) is 9.50 Å². The molecular formula is C15H15BrClNO. The van der Waals surface area contributed by atoms with Crippen LogP contribution in [0, 0.1) is 6.92 Å². The summed E-state index contributed by atoms with van der Waals surface area (Å²) in [5.41, 5.74) is 2.30. The molecule has 2 aromatic carbocycles. The minimum atomic E-state index is 0.608. The Labute approximate surface area is 126 Å². The fourth-order valence-electron chi connectivity index (χ4n) is 1.75. The molecule has 0 saturated heterocycles. The Balaban J connectivity index is 2.25. The van der Waals surface area contributed by atoms with Gasteiger partial charge in [0.15, 0.2) is 0 Å². The van der Waals surface area contributed by atoms with Gasteiger partial charge in [0.2, 0.25) is 0 Å². The van der Waals surface area contributed by atoms with Crippen molar-refractivity contribution in [1.82, 2.24) is 5.32 Å². The van der Waals surface area contributed by atoms with Crippen LogP contribution in [-0.2, 0) is 6.54 Å². The highest BCUT2D eigenvalue weighted by atomic mass is 79.9. The summed E-state index contributed by atoms with van der Waals surface area (Å²) < 4.78 is 6.77. The number of benzene rings is 2. The largest absolute Gasteiger partial charge is 0.455 e. The summed E-state index contributed by atoms with van der Waals surface area (Å²) in [6.07, 6.45) is 0. The molecule has 2 rings (SSSR count). The first kappa shape index (κ1) is 14.4. The van der Waals surface area contributed by atoms with E-state index in [1.54, 1.807) is 0 Å². The summed E-state index contributed by atoms with van der Waals surface area (Å²) in [6.45, 7) is 2.83. The van der Waals surface area contributed by atoms with Crippen LogP contribution in [0.2, 0.25) is 5.02 Å². The Bertz CT molecular complexity index is 586. The van der Waals surface area contributed by atoms with Crippen molar-refractivity contribution < 1.29 is 4.74 Å². The monoisotopic (exact) mass is 339 g/mol. The highest BCUT2D eigenvalue weighted by molar-refractivity contribution is 9.10. The van der Waals surface area contributed by atoms with Gasteiger partial charge in [0.25, 0.3) is 0 Å². The lowest BCUT2D eigenvalue weighted by atomic mass is 10.2. The Kier molecular flexibility index (Phi) is 4.86. The van der Waals surface area contributed by atoms with Gasteiger partial charge < -0.3 is 10.1 Å². The van der Waals surface area contributed by atoms with Crippen LogP contribution >= 0.6 is 27.5 Å². The van der Waals surface area contributed by atoms with E-state index in [4.69, 9.17) is 16.3 Å². The average molecular weight is 341 g/mol. The van der Waals surface area contributed by atoms with Crippen molar-refractivity contribution in [3.8, 4) is 11.5 Å². The van der Waals surface area contributed by atoms with Crippen LogP contribution in [0.5, 0.6) is 11.5 Å². The Hall–Kier alpha value is -1.03. The maximum atomic E-state index is 6.13. The van der Waals surface area contributed by atoms with Crippen molar-refractivity contribution in [3.63, 3.8) is 0 Å². The Morgan fingerprint density at radius 3 is 2.63 bits per heavy atom. The SMILES string of the molecule is CNCc1ccc(Oc2cc(C)ccc2Cl)c(Br)c1. The summed E-state index contributed by atoms with van der Waals surface area (Å²) in [6, 6.07) is 11.7. The Morgan fingerprint density at radius 2 is 1.95 bits per heavy atom. The highest BCUT2D eigenvalue weighted by Gasteiger charge is 2.07. The first-order valence-electron chi connectivity index (χ1n) is 5.97. The molecule has 2 nitrogen and oxygen atoms in total. The number of halogens is 2. The molecule has 0 aliphatic carbocycles. The van der Waals surface area contributed by atoms with E-state index in [2.05, 4.69) is 21.2 Å². The first-order valence-corrected chi connectivity index (χ1v) is 7.14. The van der Waals surface area contributed by atoms with Gasteiger partial charge in [-0.25, -0.2) is 0 Å². The molecule has 0 spiro atoms. The van der Waals surface area contributed by atoms with Crippen LogP contribution in [0.15, 0.2) is 40.9 Å². The number of rotatable bonds is 4. The van der Waals surface area contributed by atoms with E-state index in [1.807, 2.05) is 50.4 Å². The summed E-state index contributed by atoms with van der Waals surface area (Å²) in [5.74, 6) is 1.43. The van der Waals surface area contributed by atoms with Crippen molar-refractivity contribution in [2.45, 2.75) is 13.5 Å². The second-order valence-electron chi connectivity index (χ2n) is 4.33. The fraction of sp³-hybridized carbons (Fsp3) is 0.200. The van der Waals surface area contributed by atoms with Gasteiger partial charge in [-0.05, 0) is 65.3 Å². The number of nitrogens with one attached hydrogen (secondary N) is 1. The van der Waals surface area contributed by atoms with Crippen LogP contribution in [0.25, 0.3) is 0 Å². The molecule has 0 saturated carbocycles. The van der Waals surface area contributed by atoms with Gasteiger partial charge in [0.1, 0.15) is 11.5 Å². The van der Waals surface area contributed by atoms with Crippen molar-refractivity contribution in [3.05, 3.63) is 57.0 Å². The van der Waals surface area contributed by atoms with Gasteiger partial charge in [-0.1, -0.05) is 23.7 Å². The van der Waals surface area contributed by atoms with Crippen molar-refractivity contribution in [2.24, 2.45) is 0 Å². The molecule has 0 aliphatic rings. The number of ether oxygens (including phenoxy) is 1. The Morgan fingerprint density at radius 1 is 1.16 bits per heavy atom. The maximum Gasteiger partial charge on any atom is 0.146 e. The minimum absolute atomic E-state index is 0.608. The van der Waals surface area contributed by atoms with Gasteiger partial charge in [-0.3, -0.25) is 0 Å². The van der Waals surface area contributed by atoms with Crippen LogP contribution in [0.4, 0.5) is 0 Å². The predicted molar refractivity (Wildman–Crippen MR) is 83.2 cm³/mol. The second-order valence-corrected chi connectivity index (χ2v) is 5.59. The van der Waals surface area contributed by atoms with E-state index < -0.39 is 0 Å². The van der Waals surface area contributed by atoms with Crippen molar-refractivity contribution >= 4 is 27.5 Å². The molecule has 0 unspecified atom stereocenters. The van der Waals surface area contributed by atoms with Crippen molar-refractivity contribution in [2.75, 3.05) is 7.05 Å². The van der Waals surface area contributed by atoms with Gasteiger partial charge in [-0.15, -0.1) is 0 Å². The highest BCUT2D eigenvalue weighted by Crippen LogP contribution is 2.34. The number of hydrogen-bond donors (Lipinski definition) is 1. The molecule has 19 heavy (non-hydrogen) atoms. The third-order valence-corrected chi connectivity index (χ3v) is 3.62. The molecule has 1 N–H and O–H groups in total. The molecule has 0 bridgehead atoms. The summed E-state index contributed by atoms with van der Waals surface area (Å²) in [4.78, 5) is 0. The maximum absolute atomic E-state index is 6.13. The predicted octanol–water partition coefficient (Wildman–Crippen LogP) is 4.92.